The van der Waals surface area contributed by atoms with E-state index in [9.17, 15) is 8.42 Å². The zero-order valence-electron chi connectivity index (χ0n) is 15.9. The lowest BCUT2D eigenvalue weighted by Crippen LogP contribution is -2.35. The number of aryl methyl sites for hydroxylation is 1. The van der Waals surface area contributed by atoms with Crippen molar-refractivity contribution in [1.82, 2.24) is 10.1 Å². The molecule has 1 aromatic carbocycles. The molecule has 0 saturated carbocycles. The summed E-state index contributed by atoms with van der Waals surface area (Å²) < 4.78 is 43.4. The molecule has 3 aromatic rings. The van der Waals surface area contributed by atoms with E-state index in [-0.39, 0.29) is 29.0 Å². The number of benzene rings is 1. The van der Waals surface area contributed by atoms with Crippen molar-refractivity contribution in [3.8, 4) is 11.5 Å². The molecule has 154 valence electrons. The van der Waals surface area contributed by atoms with Gasteiger partial charge in [0.25, 0.3) is 10.0 Å². The Morgan fingerprint density at radius 1 is 1.10 bits per heavy atom. The van der Waals surface area contributed by atoms with Crippen LogP contribution < -0.4 is 13.8 Å². The lowest BCUT2D eigenvalue weighted by molar-refractivity contribution is 0.322. The fourth-order valence-corrected chi connectivity index (χ4v) is 3.96. The monoisotopic (exact) mass is 437 g/mol. The number of anilines is 1. The van der Waals surface area contributed by atoms with E-state index >= 15 is 0 Å². The Hall–Kier alpha value is -2.78. The summed E-state index contributed by atoms with van der Waals surface area (Å²) >= 11 is 5.77. The summed E-state index contributed by atoms with van der Waals surface area (Å²) in [6.07, 6.45) is 1.20. The molecule has 0 aliphatic rings. The average molecular weight is 438 g/mol. The van der Waals surface area contributed by atoms with Gasteiger partial charge in [-0.2, -0.15) is 0 Å². The van der Waals surface area contributed by atoms with Gasteiger partial charge in [-0.3, -0.25) is 0 Å². The van der Waals surface area contributed by atoms with E-state index in [1.165, 1.54) is 24.4 Å². The van der Waals surface area contributed by atoms with Crippen LogP contribution in [0.2, 0.25) is 5.15 Å². The third-order valence-corrected chi connectivity index (χ3v) is 5.87. The first-order chi connectivity index (χ1) is 13.9. The van der Waals surface area contributed by atoms with Crippen molar-refractivity contribution >= 4 is 27.4 Å². The van der Waals surface area contributed by atoms with Gasteiger partial charge in [0.1, 0.15) is 33.9 Å². The number of aromatic nitrogens is 2. The number of pyridine rings is 1. The van der Waals surface area contributed by atoms with E-state index in [2.05, 4.69) is 10.1 Å². The lowest BCUT2D eigenvalue weighted by Gasteiger charge is -2.21. The molecule has 0 aliphatic heterocycles. The standard InChI is InChI=1S/C19H20ClN3O5S/c1-3-26-15-4-6-16(7-5-15)27-11-10-23(19-12-14(2)28-22-19)29(24,25)17-8-9-18(20)21-13-17/h4-9,12-13H,3,10-11H2,1-2H3. The Labute approximate surface area is 174 Å². The Morgan fingerprint density at radius 3 is 2.34 bits per heavy atom. The summed E-state index contributed by atoms with van der Waals surface area (Å²) in [7, 11) is -3.94. The van der Waals surface area contributed by atoms with Gasteiger partial charge in [0, 0.05) is 12.3 Å². The summed E-state index contributed by atoms with van der Waals surface area (Å²) in [5.41, 5.74) is 0. The molecule has 3 rings (SSSR count). The number of hydrogen-bond donors (Lipinski definition) is 0. The molecule has 8 nitrogen and oxygen atoms in total. The van der Waals surface area contributed by atoms with E-state index in [0.29, 0.717) is 18.1 Å². The molecule has 2 aromatic heterocycles. The van der Waals surface area contributed by atoms with Gasteiger partial charge in [-0.05, 0) is 50.2 Å². The van der Waals surface area contributed by atoms with Crippen LogP contribution in [0.1, 0.15) is 12.7 Å². The quantitative estimate of drug-likeness (QED) is 0.471. The summed E-state index contributed by atoms with van der Waals surface area (Å²) in [6, 6.07) is 11.4. The van der Waals surface area contributed by atoms with Gasteiger partial charge in [-0.1, -0.05) is 16.8 Å². The summed E-state index contributed by atoms with van der Waals surface area (Å²) in [4.78, 5) is 3.84. The number of hydrogen-bond acceptors (Lipinski definition) is 7. The van der Waals surface area contributed by atoms with Crippen LogP contribution in [0.4, 0.5) is 5.82 Å². The van der Waals surface area contributed by atoms with Crippen LogP contribution in [0.3, 0.4) is 0 Å². The summed E-state index contributed by atoms with van der Waals surface area (Å²) in [5, 5.41) is 4.04. The molecule has 0 spiro atoms. The van der Waals surface area contributed by atoms with Crippen molar-refractivity contribution in [2.45, 2.75) is 18.7 Å². The van der Waals surface area contributed by atoms with Crippen LogP contribution in [0.25, 0.3) is 0 Å². The number of nitrogens with zero attached hydrogens (tertiary/aromatic N) is 3. The first kappa shape index (κ1) is 20.9. The number of ether oxygens (including phenoxy) is 2. The van der Waals surface area contributed by atoms with Gasteiger partial charge in [0.15, 0.2) is 5.82 Å². The lowest BCUT2D eigenvalue weighted by atomic mass is 10.3. The number of rotatable bonds is 9. The third-order valence-electron chi connectivity index (χ3n) is 3.86. The van der Waals surface area contributed by atoms with Gasteiger partial charge in [0.05, 0.1) is 13.2 Å². The number of halogens is 1. The van der Waals surface area contributed by atoms with Crippen LogP contribution in [-0.4, -0.2) is 38.3 Å². The molecule has 0 bridgehead atoms. The van der Waals surface area contributed by atoms with Crippen molar-refractivity contribution in [2.75, 3.05) is 24.1 Å². The minimum Gasteiger partial charge on any atom is -0.494 e. The highest BCUT2D eigenvalue weighted by atomic mass is 35.5. The molecule has 0 saturated heterocycles. The fraction of sp³-hybridized carbons (Fsp3) is 0.263. The molecule has 0 N–H and O–H groups in total. The molecule has 0 amide bonds. The second-order valence-electron chi connectivity index (χ2n) is 5.94. The highest BCUT2D eigenvalue weighted by Gasteiger charge is 2.27. The summed E-state index contributed by atoms with van der Waals surface area (Å²) in [6.45, 7) is 4.27. The van der Waals surface area contributed by atoms with Gasteiger partial charge in [-0.15, -0.1) is 0 Å². The highest BCUT2D eigenvalue weighted by molar-refractivity contribution is 7.92. The van der Waals surface area contributed by atoms with Crippen LogP contribution in [-0.2, 0) is 10.0 Å². The normalized spacial score (nSPS) is 11.3. The van der Waals surface area contributed by atoms with E-state index in [1.807, 2.05) is 6.92 Å². The maximum atomic E-state index is 13.1. The smallest absolute Gasteiger partial charge is 0.267 e. The Kier molecular flexibility index (Phi) is 6.60. The minimum atomic E-state index is -3.94. The first-order valence-electron chi connectivity index (χ1n) is 8.83. The van der Waals surface area contributed by atoms with E-state index < -0.39 is 10.0 Å². The van der Waals surface area contributed by atoms with Crippen molar-refractivity contribution in [3.05, 3.63) is 59.6 Å². The van der Waals surface area contributed by atoms with Crippen molar-refractivity contribution in [1.29, 1.82) is 0 Å². The zero-order chi connectivity index (χ0) is 20.9. The van der Waals surface area contributed by atoms with Crippen molar-refractivity contribution < 1.29 is 22.4 Å². The molecule has 0 radical (unpaired) electrons. The fourth-order valence-electron chi connectivity index (χ4n) is 2.52. The average Bonchev–Trinajstić information content (AvgIpc) is 3.12. The molecule has 0 aliphatic carbocycles. The maximum Gasteiger partial charge on any atom is 0.267 e. The predicted molar refractivity (Wildman–Crippen MR) is 108 cm³/mol. The van der Waals surface area contributed by atoms with Gasteiger partial charge in [-0.25, -0.2) is 17.7 Å². The first-order valence-corrected chi connectivity index (χ1v) is 10.6. The van der Waals surface area contributed by atoms with E-state index in [4.69, 9.17) is 25.6 Å². The van der Waals surface area contributed by atoms with Crippen LogP contribution >= 0.6 is 11.6 Å². The highest BCUT2D eigenvalue weighted by Crippen LogP contribution is 2.24. The largest absolute Gasteiger partial charge is 0.494 e. The maximum absolute atomic E-state index is 13.1. The van der Waals surface area contributed by atoms with Gasteiger partial charge >= 0.3 is 0 Å². The second-order valence-corrected chi connectivity index (χ2v) is 8.19. The Bertz CT molecular complexity index is 1040. The predicted octanol–water partition coefficient (Wildman–Crippen LogP) is 3.70. The molecular formula is C19H20ClN3O5S. The minimum absolute atomic E-state index is 0.0105. The van der Waals surface area contributed by atoms with Crippen LogP contribution in [0.5, 0.6) is 11.5 Å². The molecule has 29 heavy (non-hydrogen) atoms. The summed E-state index contributed by atoms with van der Waals surface area (Å²) in [5.74, 6) is 1.97. The van der Waals surface area contributed by atoms with Crippen LogP contribution in [0, 0.1) is 6.92 Å². The topological polar surface area (TPSA) is 94.8 Å². The number of sulfonamides is 1. The van der Waals surface area contributed by atoms with Gasteiger partial charge < -0.3 is 14.0 Å². The molecule has 0 fully saturated rings. The third kappa shape index (κ3) is 5.18. The SMILES string of the molecule is CCOc1ccc(OCCN(c2cc(C)on2)S(=O)(=O)c2ccc(Cl)nc2)cc1. The molecule has 10 heteroatoms. The zero-order valence-corrected chi connectivity index (χ0v) is 17.5. The Morgan fingerprint density at radius 2 is 1.79 bits per heavy atom. The molecular weight excluding hydrogens is 418 g/mol. The molecule has 2 heterocycles. The Balaban J connectivity index is 1.76. The van der Waals surface area contributed by atoms with E-state index in [0.717, 1.165) is 10.1 Å². The molecule has 0 unspecified atom stereocenters. The van der Waals surface area contributed by atoms with E-state index in [1.54, 1.807) is 31.2 Å². The van der Waals surface area contributed by atoms with Crippen molar-refractivity contribution in [3.63, 3.8) is 0 Å². The molecule has 0 atom stereocenters. The van der Waals surface area contributed by atoms with Crippen molar-refractivity contribution in [2.24, 2.45) is 0 Å². The van der Waals surface area contributed by atoms with Gasteiger partial charge in [0.2, 0.25) is 0 Å². The second kappa shape index (κ2) is 9.15. The van der Waals surface area contributed by atoms with Crippen LogP contribution in [0.15, 0.2) is 58.1 Å².